The third kappa shape index (κ3) is 8.78. The Morgan fingerprint density at radius 2 is 1.55 bits per heavy atom. The minimum absolute atomic E-state index is 0.00442. The molecule has 2 heterocycles. The van der Waals surface area contributed by atoms with Crippen LogP contribution in [0.5, 0.6) is 0 Å². The molecule has 260 valence electrons. The molecule has 0 radical (unpaired) electrons. The number of methoxy groups -OCH3 is 3. The van der Waals surface area contributed by atoms with Gasteiger partial charge in [0.2, 0.25) is 0 Å². The molecule has 0 aliphatic carbocycles. The molecule has 1 N–H and O–H groups in total. The highest BCUT2D eigenvalue weighted by Gasteiger charge is 2.40. The third-order valence-electron chi connectivity index (χ3n) is 7.83. The number of rotatable bonds is 8. The number of benzene rings is 3. The Morgan fingerprint density at radius 1 is 0.918 bits per heavy atom. The number of carbonyl (C=O) groups is 5. The van der Waals surface area contributed by atoms with Gasteiger partial charge in [-0.3, -0.25) is 4.79 Å². The Balaban J connectivity index is 0.000000269. The van der Waals surface area contributed by atoms with Gasteiger partial charge in [0.25, 0.3) is 5.91 Å². The molecule has 1 fully saturated rings. The number of carbonyl (C=O) groups excluding carboxylic acids is 5. The molecule has 0 aromatic heterocycles. The van der Waals surface area contributed by atoms with Crippen LogP contribution in [0.3, 0.4) is 0 Å². The van der Waals surface area contributed by atoms with Crippen molar-refractivity contribution in [3.05, 3.63) is 105 Å². The van der Waals surface area contributed by atoms with E-state index in [9.17, 15) is 32.8 Å². The van der Waals surface area contributed by atoms with Crippen LogP contribution in [0.2, 0.25) is 0 Å². The van der Waals surface area contributed by atoms with Gasteiger partial charge in [-0.25, -0.2) is 28.0 Å². The predicted octanol–water partition coefficient (Wildman–Crippen LogP) is 4.95. The van der Waals surface area contributed by atoms with Crippen LogP contribution in [-0.4, -0.2) is 81.4 Å². The lowest BCUT2D eigenvalue weighted by atomic mass is 10.0. The van der Waals surface area contributed by atoms with E-state index in [4.69, 9.17) is 9.47 Å². The van der Waals surface area contributed by atoms with Crippen LogP contribution in [0.4, 0.5) is 13.6 Å². The van der Waals surface area contributed by atoms with Crippen LogP contribution in [-0.2, 0) is 42.2 Å². The lowest BCUT2D eigenvalue weighted by molar-refractivity contribution is 0.00696. The SMILES string of the molecule is COC(=O)c1cc(F)c(CBr)c(C(=O)OC)c1.COC(=O)c1cc(F)c2c(c1)C(=O)N([C@@H]1CCOC[C@H]1NC(=O)OCc1ccccc1)C2. The molecule has 0 bridgehead atoms. The van der Waals surface area contributed by atoms with Crippen LogP contribution < -0.4 is 5.32 Å². The monoisotopic (exact) mass is 746 g/mol. The molecule has 12 nitrogen and oxygen atoms in total. The van der Waals surface area contributed by atoms with Gasteiger partial charge in [0.05, 0.1) is 63.3 Å². The second-order valence-corrected chi connectivity index (χ2v) is 11.3. The molecular formula is C34H33BrF2N2O10. The number of nitrogens with zero attached hydrogens (tertiary/aromatic N) is 1. The Bertz CT molecular complexity index is 1720. The number of esters is 3. The van der Waals surface area contributed by atoms with E-state index in [0.29, 0.717) is 13.0 Å². The number of fused-ring (bicyclic) bond motifs is 1. The third-order valence-corrected chi connectivity index (χ3v) is 8.39. The topological polar surface area (TPSA) is 147 Å². The highest BCUT2D eigenvalue weighted by atomic mass is 79.9. The maximum Gasteiger partial charge on any atom is 0.407 e. The minimum Gasteiger partial charge on any atom is -0.465 e. The summed E-state index contributed by atoms with van der Waals surface area (Å²) in [7, 11) is 3.55. The first-order valence-electron chi connectivity index (χ1n) is 14.8. The van der Waals surface area contributed by atoms with Crippen molar-refractivity contribution in [2.75, 3.05) is 34.5 Å². The number of amides is 2. The van der Waals surface area contributed by atoms with E-state index in [2.05, 4.69) is 35.5 Å². The second kappa shape index (κ2) is 17.0. The molecule has 0 spiro atoms. The first-order chi connectivity index (χ1) is 23.5. The predicted molar refractivity (Wildman–Crippen MR) is 172 cm³/mol. The molecule has 5 rings (SSSR count). The average molecular weight is 748 g/mol. The van der Waals surface area contributed by atoms with Crippen molar-refractivity contribution in [1.82, 2.24) is 10.2 Å². The summed E-state index contributed by atoms with van der Waals surface area (Å²) in [4.78, 5) is 61.5. The van der Waals surface area contributed by atoms with E-state index >= 15 is 0 Å². The first-order valence-corrected chi connectivity index (χ1v) is 16.0. The molecule has 1 saturated heterocycles. The Kier molecular flexibility index (Phi) is 12.8. The Hall–Kier alpha value is -4.89. The standard InChI is InChI=1S/C23H23FN2O6.C11H10BrFO4/c1-30-22(28)15-9-16-17(18(24)10-15)11-26(21(16)27)20-7-8-31-13-19(20)25-23(29)32-12-14-5-3-2-4-6-14;1-16-10(14)6-3-7(11(15)17-2)8(5-12)9(13)4-6/h2-6,9-10,19-20H,7-8,11-13H2,1H3,(H,25,29);3-4H,5H2,1-2H3/t19-,20-;/m1./s1. The van der Waals surface area contributed by atoms with Gasteiger partial charge in [0.1, 0.15) is 18.2 Å². The summed E-state index contributed by atoms with van der Waals surface area (Å²) in [6, 6.07) is 13.0. The van der Waals surface area contributed by atoms with Crippen LogP contribution in [0.1, 0.15) is 64.5 Å². The van der Waals surface area contributed by atoms with Crippen molar-refractivity contribution in [2.45, 2.75) is 37.0 Å². The highest BCUT2D eigenvalue weighted by Crippen LogP contribution is 2.31. The molecule has 2 aliphatic heterocycles. The molecule has 3 aromatic rings. The van der Waals surface area contributed by atoms with Crippen molar-refractivity contribution < 1.29 is 56.4 Å². The molecule has 2 amide bonds. The maximum atomic E-state index is 14.6. The summed E-state index contributed by atoms with van der Waals surface area (Å²) in [5.74, 6) is -3.84. The summed E-state index contributed by atoms with van der Waals surface area (Å²) in [5.41, 5.74) is 1.29. The maximum absolute atomic E-state index is 14.6. The van der Waals surface area contributed by atoms with Gasteiger partial charge in [0, 0.05) is 28.6 Å². The molecule has 0 saturated carbocycles. The lowest BCUT2D eigenvalue weighted by Crippen LogP contribution is -2.56. The van der Waals surface area contributed by atoms with Gasteiger partial charge in [-0.1, -0.05) is 46.3 Å². The smallest absolute Gasteiger partial charge is 0.407 e. The fraction of sp³-hybridized carbons (Fsp3) is 0.324. The number of hydrogen-bond donors (Lipinski definition) is 1. The second-order valence-electron chi connectivity index (χ2n) is 10.8. The number of nitrogens with one attached hydrogen (secondary N) is 1. The molecule has 15 heteroatoms. The first kappa shape index (κ1) is 36.9. The average Bonchev–Trinajstić information content (AvgIpc) is 3.46. The van der Waals surface area contributed by atoms with E-state index in [1.807, 2.05) is 30.3 Å². The summed E-state index contributed by atoms with van der Waals surface area (Å²) >= 11 is 3.07. The highest BCUT2D eigenvalue weighted by molar-refractivity contribution is 9.08. The van der Waals surface area contributed by atoms with Crippen LogP contribution in [0.25, 0.3) is 0 Å². The quantitative estimate of drug-likeness (QED) is 0.191. The van der Waals surface area contributed by atoms with E-state index in [1.165, 1.54) is 38.4 Å². The van der Waals surface area contributed by atoms with Crippen molar-refractivity contribution >= 4 is 45.8 Å². The zero-order valence-corrected chi connectivity index (χ0v) is 28.3. The number of hydrogen-bond acceptors (Lipinski definition) is 10. The molecule has 0 unspecified atom stereocenters. The minimum atomic E-state index is -0.718. The number of ether oxygens (including phenoxy) is 5. The fourth-order valence-electron chi connectivity index (χ4n) is 5.34. The number of halogens is 3. The Morgan fingerprint density at radius 3 is 2.18 bits per heavy atom. The van der Waals surface area contributed by atoms with Crippen molar-refractivity contribution in [3.8, 4) is 0 Å². The van der Waals surface area contributed by atoms with Crippen molar-refractivity contribution in [1.29, 1.82) is 0 Å². The van der Waals surface area contributed by atoms with Gasteiger partial charge in [-0.15, -0.1) is 0 Å². The van der Waals surface area contributed by atoms with Crippen molar-refractivity contribution in [3.63, 3.8) is 0 Å². The van der Waals surface area contributed by atoms with Crippen molar-refractivity contribution in [2.24, 2.45) is 0 Å². The van der Waals surface area contributed by atoms with E-state index in [1.54, 1.807) is 0 Å². The summed E-state index contributed by atoms with van der Waals surface area (Å²) in [6.45, 7) is 0.753. The molecule has 3 aromatic carbocycles. The van der Waals surface area contributed by atoms with E-state index in [0.717, 1.165) is 17.7 Å². The van der Waals surface area contributed by atoms with Crippen LogP contribution in [0.15, 0.2) is 54.6 Å². The van der Waals surface area contributed by atoms with Gasteiger partial charge in [-0.05, 0) is 36.2 Å². The molecule has 49 heavy (non-hydrogen) atoms. The van der Waals surface area contributed by atoms with E-state index in [-0.39, 0.29) is 58.5 Å². The summed E-state index contributed by atoms with van der Waals surface area (Å²) in [6.07, 6.45) is -0.160. The molecule has 2 atom stereocenters. The van der Waals surface area contributed by atoms with Crippen LogP contribution in [0, 0.1) is 11.6 Å². The van der Waals surface area contributed by atoms with E-state index < -0.39 is 53.6 Å². The zero-order valence-electron chi connectivity index (χ0n) is 26.8. The zero-order chi connectivity index (χ0) is 35.7. The van der Waals surface area contributed by atoms with Gasteiger partial charge in [-0.2, -0.15) is 0 Å². The van der Waals surface area contributed by atoms with Crippen LogP contribution >= 0.6 is 15.9 Å². The number of alkyl halides is 1. The molecule has 2 aliphatic rings. The fourth-order valence-corrected chi connectivity index (χ4v) is 5.91. The Labute approximate surface area is 288 Å². The molecular weight excluding hydrogens is 714 g/mol. The van der Waals surface area contributed by atoms with Gasteiger partial charge < -0.3 is 33.9 Å². The summed E-state index contributed by atoms with van der Waals surface area (Å²) < 4.78 is 52.7. The normalized spacial score (nSPS) is 16.4. The van der Waals surface area contributed by atoms with Gasteiger partial charge in [0.15, 0.2) is 0 Å². The largest absolute Gasteiger partial charge is 0.465 e. The summed E-state index contributed by atoms with van der Waals surface area (Å²) in [5, 5.41) is 2.91. The lowest BCUT2D eigenvalue weighted by Gasteiger charge is -2.37. The number of alkyl carbamates (subject to hydrolysis) is 1. The van der Waals surface area contributed by atoms with Gasteiger partial charge >= 0.3 is 24.0 Å².